The minimum Gasteiger partial charge on any atom is -0.506 e. The molecule has 1 N–H and O–H groups in total. The van der Waals surface area contributed by atoms with Crippen LogP contribution < -0.4 is 0 Å². The highest BCUT2D eigenvalue weighted by molar-refractivity contribution is 5.61. The third-order valence-corrected chi connectivity index (χ3v) is 3.48. The number of hydrogen-bond donors (Lipinski definition) is 1. The predicted octanol–water partition coefficient (Wildman–Crippen LogP) is 3.23. The Bertz CT molecular complexity index is 746. The van der Waals surface area contributed by atoms with Crippen LogP contribution in [0, 0.1) is 31.6 Å². The van der Waals surface area contributed by atoms with E-state index in [1.807, 2.05) is 0 Å². The van der Waals surface area contributed by atoms with Gasteiger partial charge in [-0.1, -0.05) is 0 Å². The van der Waals surface area contributed by atoms with Crippen molar-refractivity contribution in [2.24, 2.45) is 0 Å². The molecule has 0 radical (unpaired) electrons. The first kappa shape index (κ1) is 22.7. The number of aromatic nitrogens is 1. The van der Waals surface area contributed by atoms with Crippen molar-refractivity contribution in [3.63, 3.8) is 0 Å². The lowest BCUT2D eigenvalue weighted by Crippen LogP contribution is -2.12. The molecule has 0 fully saturated rings. The minimum absolute atomic E-state index is 0.131. The lowest BCUT2D eigenvalue weighted by molar-refractivity contribution is 0.0433. The van der Waals surface area contributed by atoms with E-state index in [4.69, 9.17) is 31.8 Å². The second-order valence-corrected chi connectivity index (χ2v) is 5.59. The summed E-state index contributed by atoms with van der Waals surface area (Å²) in [6.45, 7) is 1.36. The zero-order chi connectivity index (χ0) is 20.8. The number of hydrogen-bond acceptors (Lipinski definition) is 8. The molecule has 1 rings (SSSR count). The first-order valence-corrected chi connectivity index (χ1v) is 8.62. The SMILES string of the molecule is C#CCCCOC(=O)OCc1cnc(C)c(O)c1COC(=O)OCCCC#C. The van der Waals surface area contributed by atoms with Gasteiger partial charge in [-0.25, -0.2) is 9.59 Å². The number of carbonyl (C=O) groups excluding carboxylic acids is 2. The summed E-state index contributed by atoms with van der Waals surface area (Å²) in [4.78, 5) is 27.2. The fraction of sp³-hybridized carbons (Fsp3) is 0.450. The number of unbranched alkanes of at least 4 members (excludes halogenated alkanes) is 2. The summed E-state index contributed by atoms with van der Waals surface area (Å²) in [5.74, 6) is 4.70. The Hall–Kier alpha value is -3.39. The van der Waals surface area contributed by atoms with Crippen LogP contribution in [0.1, 0.15) is 42.5 Å². The Morgan fingerprint density at radius 1 is 1.00 bits per heavy atom. The first-order valence-electron chi connectivity index (χ1n) is 8.62. The van der Waals surface area contributed by atoms with Gasteiger partial charge in [0.2, 0.25) is 0 Å². The van der Waals surface area contributed by atoms with Crippen molar-refractivity contribution in [1.82, 2.24) is 4.98 Å². The van der Waals surface area contributed by atoms with Gasteiger partial charge in [-0.15, -0.1) is 24.7 Å². The van der Waals surface area contributed by atoms with Crippen molar-refractivity contribution < 1.29 is 33.6 Å². The van der Waals surface area contributed by atoms with Crippen LogP contribution in [0.3, 0.4) is 0 Å². The Kier molecular flexibility index (Phi) is 10.4. The van der Waals surface area contributed by atoms with E-state index in [0.717, 1.165) is 0 Å². The molecule has 0 aliphatic heterocycles. The van der Waals surface area contributed by atoms with Crippen molar-refractivity contribution in [3.8, 4) is 30.4 Å². The number of carbonyl (C=O) groups is 2. The van der Waals surface area contributed by atoms with E-state index >= 15 is 0 Å². The molecule has 8 heteroatoms. The maximum absolute atomic E-state index is 11.6. The Balaban J connectivity index is 2.59. The van der Waals surface area contributed by atoms with E-state index in [2.05, 4.69) is 16.8 Å². The Labute approximate surface area is 164 Å². The Morgan fingerprint density at radius 3 is 2.07 bits per heavy atom. The first-order chi connectivity index (χ1) is 13.5. The molecule has 1 aromatic heterocycles. The summed E-state index contributed by atoms with van der Waals surface area (Å²) in [6, 6.07) is 0. The number of aryl methyl sites for hydroxylation is 1. The van der Waals surface area contributed by atoms with Gasteiger partial charge >= 0.3 is 12.3 Å². The van der Waals surface area contributed by atoms with Crippen LogP contribution in [0.2, 0.25) is 0 Å². The zero-order valence-electron chi connectivity index (χ0n) is 15.7. The zero-order valence-corrected chi connectivity index (χ0v) is 15.7. The van der Waals surface area contributed by atoms with Crippen LogP contribution in [0.15, 0.2) is 6.20 Å². The normalized spacial score (nSPS) is 9.68. The van der Waals surface area contributed by atoms with Crippen LogP contribution in [0.4, 0.5) is 9.59 Å². The smallest absolute Gasteiger partial charge is 0.506 e. The van der Waals surface area contributed by atoms with Gasteiger partial charge in [-0.3, -0.25) is 4.98 Å². The number of nitrogens with zero attached hydrogens (tertiary/aromatic N) is 1. The summed E-state index contributed by atoms with van der Waals surface area (Å²) in [5.41, 5.74) is 0.957. The lowest BCUT2D eigenvalue weighted by Gasteiger charge is -2.13. The molecular weight excluding hydrogens is 366 g/mol. The predicted molar refractivity (Wildman–Crippen MR) is 99.0 cm³/mol. The highest BCUT2D eigenvalue weighted by Crippen LogP contribution is 2.25. The molecule has 0 amide bonds. The second kappa shape index (κ2) is 12.9. The summed E-state index contributed by atoms with van der Waals surface area (Å²) in [7, 11) is 0. The van der Waals surface area contributed by atoms with Gasteiger partial charge in [0.05, 0.1) is 18.9 Å². The summed E-state index contributed by atoms with van der Waals surface area (Å²) >= 11 is 0. The number of terminal acetylenes is 2. The van der Waals surface area contributed by atoms with Crippen molar-refractivity contribution in [2.75, 3.05) is 13.2 Å². The fourth-order valence-corrected chi connectivity index (χ4v) is 1.98. The summed E-state index contributed by atoms with van der Waals surface area (Å²) in [5, 5.41) is 10.2. The number of ether oxygens (including phenoxy) is 4. The molecule has 0 aliphatic carbocycles. The molecule has 0 saturated heterocycles. The van der Waals surface area contributed by atoms with Crippen molar-refractivity contribution in [1.29, 1.82) is 0 Å². The summed E-state index contributed by atoms with van der Waals surface area (Å²) in [6.07, 6.45) is 11.9. The molecule has 0 atom stereocenters. The van der Waals surface area contributed by atoms with Crippen molar-refractivity contribution >= 4 is 12.3 Å². The van der Waals surface area contributed by atoms with Gasteiger partial charge in [0, 0.05) is 30.2 Å². The largest absolute Gasteiger partial charge is 0.508 e. The average Bonchev–Trinajstić information content (AvgIpc) is 2.68. The number of pyridine rings is 1. The van der Waals surface area contributed by atoms with E-state index < -0.39 is 12.3 Å². The number of rotatable bonds is 10. The van der Waals surface area contributed by atoms with Crippen LogP contribution in [-0.4, -0.2) is 35.6 Å². The van der Waals surface area contributed by atoms with E-state index in [1.165, 1.54) is 6.20 Å². The average molecular weight is 389 g/mol. The number of aromatic hydroxyl groups is 1. The lowest BCUT2D eigenvalue weighted by atomic mass is 10.1. The van der Waals surface area contributed by atoms with Crippen molar-refractivity contribution in [2.45, 2.75) is 45.8 Å². The highest BCUT2D eigenvalue weighted by atomic mass is 16.7. The van der Waals surface area contributed by atoms with E-state index in [0.29, 0.717) is 36.9 Å². The van der Waals surface area contributed by atoms with E-state index in [-0.39, 0.29) is 37.7 Å². The van der Waals surface area contributed by atoms with Crippen LogP contribution in [0.25, 0.3) is 0 Å². The molecule has 8 nitrogen and oxygen atoms in total. The topological polar surface area (TPSA) is 104 Å². The third-order valence-electron chi connectivity index (χ3n) is 3.48. The van der Waals surface area contributed by atoms with E-state index in [1.54, 1.807) is 6.92 Å². The maximum Gasteiger partial charge on any atom is 0.508 e. The molecule has 0 saturated carbocycles. The third kappa shape index (κ3) is 8.33. The van der Waals surface area contributed by atoms with Crippen LogP contribution >= 0.6 is 0 Å². The summed E-state index contributed by atoms with van der Waals surface area (Å²) < 4.78 is 19.7. The minimum atomic E-state index is -0.898. The second-order valence-electron chi connectivity index (χ2n) is 5.59. The molecule has 28 heavy (non-hydrogen) atoms. The molecule has 0 bridgehead atoms. The van der Waals surface area contributed by atoms with Gasteiger partial charge in [0.1, 0.15) is 19.0 Å². The molecule has 0 spiro atoms. The van der Waals surface area contributed by atoms with Gasteiger partial charge in [-0.05, 0) is 19.8 Å². The van der Waals surface area contributed by atoms with Crippen LogP contribution in [-0.2, 0) is 32.2 Å². The van der Waals surface area contributed by atoms with Crippen molar-refractivity contribution in [3.05, 3.63) is 23.0 Å². The van der Waals surface area contributed by atoms with Gasteiger partial charge < -0.3 is 24.1 Å². The van der Waals surface area contributed by atoms with Gasteiger partial charge in [-0.2, -0.15) is 0 Å². The Morgan fingerprint density at radius 2 is 1.54 bits per heavy atom. The molecule has 1 heterocycles. The van der Waals surface area contributed by atoms with Gasteiger partial charge in [0.15, 0.2) is 0 Å². The maximum atomic E-state index is 11.6. The standard InChI is InChI=1S/C20H23NO7/c1-4-6-8-10-25-19(23)27-13-16-12-21-15(3)18(22)17(16)14-28-20(24)26-11-9-7-5-2/h1-2,12,22H,6-11,13-14H2,3H3. The quantitative estimate of drug-likeness (QED) is 0.369. The monoisotopic (exact) mass is 389 g/mol. The van der Waals surface area contributed by atoms with Gasteiger partial charge in [0.25, 0.3) is 0 Å². The molecule has 0 unspecified atom stereocenters. The molecular formula is C20H23NO7. The van der Waals surface area contributed by atoms with Crippen LogP contribution in [0.5, 0.6) is 5.75 Å². The molecule has 150 valence electrons. The highest BCUT2D eigenvalue weighted by Gasteiger charge is 2.16. The molecule has 0 aromatic carbocycles. The van der Waals surface area contributed by atoms with E-state index in [9.17, 15) is 14.7 Å². The molecule has 0 aliphatic rings. The molecule has 1 aromatic rings. The fourth-order valence-electron chi connectivity index (χ4n) is 1.98.